The number of non-ortho nitro benzene ring substituents is 1. The minimum atomic E-state index is -2.75. The molecule has 3 rings (SSSR count). The molecule has 2 aromatic carbocycles. The summed E-state index contributed by atoms with van der Waals surface area (Å²) in [6.45, 7) is 1.06. The van der Waals surface area contributed by atoms with Crippen LogP contribution < -0.4 is 14.8 Å². The fraction of sp³-hybridized carbons (Fsp3) is 0.190. The molecule has 162 valence electrons. The number of carbonyl (C=O) groups is 1. The SMILES string of the molecule is Cc1ccccc1OCc1ccc(C(=O)Nc2cc(OCC(F)F)cc([N+](=O)[O-])c2)o1. The number of rotatable bonds is 9. The van der Waals surface area contributed by atoms with E-state index in [1.165, 1.54) is 12.1 Å². The monoisotopic (exact) mass is 432 g/mol. The molecule has 0 aliphatic carbocycles. The van der Waals surface area contributed by atoms with E-state index in [1.807, 2.05) is 31.2 Å². The second-order valence-electron chi connectivity index (χ2n) is 6.45. The Morgan fingerprint density at radius 1 is 1.16 bits per heavy atom. The van der Waals surface area contributed by atoms with E-state index < -0.39 is 29.6 Å². The van der Waals surface area contributed by atoms with Gasteiger partial charge in [0.15, 0.2) is 5.76 Å². The maximum absolute atomic E-state index is 12.4. The van der Waals surface area contributed by atoms with Crippen molar-refractivity contribution in [1.29, 1.82) is 0 Å². The van der Waals surface area contributed by atoms with E-state index in [2.05, 4.69) is 5.32 Å². The van der Waals surface area contributed by atoms with Crippen LogP contribution in [0.5, 0.6) is 11.5 Å². The lowest BCUT2D eigenvalue weighted by Gasteiger charge is -2.09. The van der Waals surface area contributed by atoms with Gasteiger partial charge in [-0.1, -0.05) is 18.2 Å². The molecule has 1 N–H and O–H groups in total. The van der Waals surface area contributed by atoms with Crippen LogP contribution in [0.3, 0.4) is 0 Å². The molecule has 0 unspecified atom stereocenters. The number of halogens is 2. The molecule has 0 fully saturated rings. The minimum absolute atomic E-state index is 0.00224. The number of alkyl halides is 2. The second-order valence-corrected chi connectivity index (χ2v) is 6.45. The van der Waals surface area contributed by atoms with Crippen molar-refractivity contribution in [2.45, 2.75) is 20.0 Å². The summed E-state index contributed by atoms with van der Waals surface area (Å²) < 4.78 is 40.7. The smallest absolute Gasteiger partial charge is 0.291 e. The van der Waals surface area contributed by atoms with Crippen molar-refractivity contribution in [1.82, 2.24) is 0 Å². The van der Waals surface area contributed by atoms with Crippen LogP contribution in [0.15, 0.2) is 59.0 Å². The first-order valence-corrected chi connectivity index (χ1v) is 9.11. The normalized spacial score (nSPS) is 10.7. The van der Waals surface area contributed by atoms with Crippen LogP contribution >= 0.6 is 0 Å². The van der Waals surface area contributed by atoms with E-state index in [9.17, 15) is 23.7 Å². The lowest BCUT2D eigenvalue weighted by molar-refractivity contribution is -0.384. The number of nitro benzene ring substituents is 1. The number of para-hydroxylation sites is 1. The van der Waals surface area contributed by atoms with Crippen molar-refractivity contribution < 1.29 is 32.4 Å². The standard InChI is InChI=1S/C21H18F2N2O6/c1-13-4-2-3-5-18(13)30-11-16-6-7-19(31-16)21(26)24-14-8-15(25(27)28)10-17(9-14)29-12-20(22)23/h2-10,20H,11-12H2,1H3,(H,24,26). The van der Waals surface area contributed by atoms with Gasteiger partial charge in [0, 0.05) is 12.1 Å². The lowest BCUT2D eigenvalue weighted by Crippen LogP contribution is -2.12. The van der Waals surface area contributed by atoms with Crippen molar-refractivity contribution in [3.8, 4) is 11.5 Å². The lowest BCUT2D eigenvalue weighted by atomic mass is 10.2. The molecule has 0 spiro atoms. The van der Waals surface area contributed by atoms with Crippen molar-refractivity contribution >= 4 is 17.3 Å². The number of hydrogen-bond acceptors (Lipinski definition) is 6. The number of ether oxygens (including phenoxy) is 2. The van der Waals surface area contributed by atoms with Gasteiger partial charge in [-0.2, -0.15) is 0 Å². The molecular weight excluding hydrogens is 414 g/mol. The molecule has 0 saturated heterocycles. The average Bonchev–Trinajstić information content (AvgIpc) is 3.21. The summed E-state index contributed by atoms with van der Waals surface area (Å²) >= 11 is 0. The van der Waals surface area contributed by atoms with Crippen LogP contribution in [0.4, 0.5) is 20.2 Å². The topological polar surface area (TPSA) is 104 Å². The summed E-state index contributed by atoms with van der Waals surface area (Å²) in [7, 11) is 0. The first-order chi connectivity index (χ1) is 14.8. The Labute approximate surface area is 175 Å². The highest BCUT2D eigenvalue weighted by atomic mass is 19.3. The molecule has 3 aromatic rings. The van der Waals surface area contributed by atoms with Gasteiger partial charge in [0.1, 0.15) is 30.5 Å². The van der Waals surface area contributed by atoms with Gasteiger partial charge in [0.2, 0.25) is 0 Å². The maximum Gasteiger partial charge on any atom is 0.291 e. The number of nitro groups is 1. The van der Waals surface area contributed by atoms with E-state index in [0.717, 1.165) is 17.7 Å². The van der Waals surface area contributed by atoms with Gasteiger partial charge < -0.3 is 19.2 Å². The fourth-order valence-corrected chi connectivity index (χ4v) is 2.64. The number of nitrogens with one attached hydrogen (secondary N) is 1. The molecule has 0 saturated carbocycles. The predicted octanol–water partition coefficient (Wildman–Crippen LogP) is 4.97. The third-order valence-corrected chi connectivity index (χ3v) is 4.08. The fourth-order valence-electron chi connectivity index (χ4n) is 2.64. The summed E-state index contributed by atoms with van der Waals surface area (Å²) in [4.78, 5) is 22.8. The van der Waals surface area contributed by atoms with Gasteiger partial charge in [-0.3, -0.25) is 14.9 Å². The zero-order valence-corrected chi connectivity index (χ0v) is 16.3. The summed E-state index contributed by atoms with van der Waals surface area (Å²) in [6.07, 6.45) is -2.75. The van der Waals surface area contributed by atoms with Crippen LogP contribution in [0, 0.1) is 17.0 Å². The third kappa shape index (κ3) is 6.01. The molecule has 1 heterocycles. The zero-order valence-electron chi connectivity index (χ0n) is 16.3. The van der Waals surface area contributed by atoms with Gasteiger partial charge in [0.25, 0.3) is 18.0 Å². The highest BCUT2D eigenvalue weighted by molar-refractivity contribution is 6.02. The predicted molar refractivity (Wildman–Crippen MR) is 107 cm³/mol. The Bertz CT molecular complexity index is 1080. The van der Waals surface area contributed by atoms with Gasteiger partial charge >= 0.3 is 0 Å². The van der Waals surface area contributed by atoms with E-state index >= 15 is 0 Å². The molecule has 0 aliphatic rings. The Morgan fingerprint density at radius 3 is 2.65 bits per heavy atom. The summed E-state index contributed by atoms with van der Waals surface area (Å²) in [5.74, 6) is 0.176. The van der Waals surface area contributed by atoms with Crippen molar-refractivity contribution in [2.24, 2.45) is 0 Å². The van der Waals surface area contributed by atoms with Gasteiger partial charge in [-0.05, 0) is 30.7 Å². The summed E-state index contributed by atoms with van der Waals surface area (Å²) in [6, 6.07) is 13.7. The first-order valence-electron chi connectivity index (χ1n) is 9.11. The molecule has 1 amide bonds. The average molecular weight is 432 g/mol. The Hall–Kier alpha value is -3.95. The summed E-state index contributed by atoms with van der Waals surface area (Å²) in [5, 5.41) is 13.5. The van der Waals surface area contributed by atoms with Crippen LogP contribution in [0.25, 0.3) is 0 Å². The van der Waals surface area contributed by atoms with Crippen LogP contribution in [-0.2, 0) is 6.61 Å². The van der Waals surface area contributed by atoms with Crippen LogP contribution in [0.2, 0.25) is 0 Å². The molecule has 0 atom stereocenters. The first kappa shape index (κ1) is 21.8. The van der Waals surface area contributed by atoms with E-state index in [4.69, 9.17) is 13.9 Å². The molecule has 8 nitrogen and oxygen atoms in total. The highest BCUT2D eigenvalue weighted by Gasteiger charge is 2.17. The van der Waals surface area contributed by atoms with E-state index in [-0.39, 0.29) is 23.8 Å². The number of nitrogens with zero attached hydrogens (tertiary/aromatic N) is 1. The molecule has 31 heavy (non-hydrogen) atoms. The van der Waals surface area contributed by atoms with Gasteiger partial charge in [-0.15, -0.1) is 0 Å². The molecule has 0 aliphatic heterocycles. The van der Waals surface area contributed by atoms with Crippen molar-refractivity contribution in [3.05, 3.63) is 81.8 Å². The number of benzene rings is 2. The minimum Gasteiger partial charge on any atom is -0.487 e. The largest absolute Gasteiger partial charge is 0.487 e. The Kier molecular flexibility index (Phi) is 6.81. The Balaban J connectivity index is 1.68. The number of hydrogen-bond donors (Lipinski definition) is 1. The number of aryl methyl sites for hydroxylation is 1. The van der Waals surface area contributed by atoms with Crippen molar-refractivity contribution in [2.75, 3.05) is 11.9 Å². The van der Waals surface area contributed by atoms with Crippen molar-refractivity contribution in [3.63, 3.8) is 0 Å². The third-order valence-electron chi connectivity index (χ3n) is 4.08. The highest BCUT2D eigenvalue weighted by Crippen LogP contribution is 2.27. The molecule has 0 radical (unpaired) electrons. The number of carbonyl (C=O) groups excluding carboxylic acids is 1. The van der Waals surface area contributed by atoms with Gasteiger partial charge in [-0.25, -0.2) is 8.78 Å². The molecular formula is C21H18F2N2O6. The molecule has 10 heteroatoms. The molecule has 1 aromatic heterocycles. The van der Waals surface area contributed by atoms with Gasteiger partial charge in [0.05, 0.1) is 16.7 Å². The van der Waals surface area contributed by atoms with E-state index in [0.29, 0.717) is 11.5 Å². The number of anilines is 1. The van der Waals surface area contributed by atoms with Crippen LogP contribution in [0.1, 0.15) is 21.9 Å². The maximum atomic E-state index is 12.4. The second kappa shape index (κ2) is 9.70. The van der Waals surface area contributed by atoms with Crippen LogP contribution in [-0.4, -0.2) is 23.9 Å². The zero-order chi connectivity index (χ0) is 22.4. The quantitative estimate of drug-likeness (QED) is 0.378. The number of amides is 1. The number of furan rings is 1. The summed E-state index contributed by atoms with van der Waals surface area (Å²) in [5.41, 5.74) is 0.522. The Morgan fingerprint density at radius 2 is 1.94 bits per heavy atom. The van der Waals surface area contributed by atoms with E-state index in [1.54, 1.807) is 6.07 Å². The molecule has 0 bridgehead atoms.